The van der Waals surface area contributed by atoms with Crippen LogP contribution in [0.4, 0.5) is 4.79 Å². The van der Waals surface area contributed by atoms with Crippen molar-refractivity contribution in [1.29, 1.82) is 0 Å². The fourth-order valence-corrected chi connectivity index (χ4v) is 4.13. The summed E-state index contributed by atoms with van der Waals surface area (Å²) in [5.41, 5.74) is -0.657. The van der Waals surface area contributed by atoms with E-state index in [0.29, 0.717) is 6.42 Å². The van der Waals surface area contributed by atoms with E-state index in [0.717, 1.165) is 0 Å². The molecule has 2 aliphatic heterocycles. The van der Waals surface area contributed by atoms with E-state index in [-0.39, 0.29) is 30.4 Å². The summed E-state index contributed by atoms with van der Waals surface area (Å²) in [5, 5.41) is 2.34. The van der Waals surface area contributed by atoms with Crippen LogP contribution in [0.2, 0.25) is 0 Å². The number of fused-ring (bicyclic) bond motifs is 1. The highest BCUT2D eigenvalue weighted by Crippen LogP contribution is 2.41. The van der Waals surface area contributed by atoms with Gasteiger partial charge >= 0.3 is 6.09 Å². The highest BCUT2D eigenvalue weighted by molar-refractivity contribution is 6.21. The Labute approximate surface area is 172 Å². The zero-order chi connectivity index (χ0) is 21.3. The molecule has 0 saturated carbocycles. The number of ether oxygens (including phenoxy) is 4. The lowest BCUT2D eigenvalue weighted by Gasteiger charge is -2.37. The zero-order valence-corrected chi connectivity index (χ0v) is 18.5. The lowest BCUT2D eigenvalue weighted by Crippen LogP contribution is -2.59. The van der Waals surface area contributed by atoms with Crippen LogP contribution in [0.1, 0.15) is 41.0 Å². The number of alkyl halides is 1. The van der Waals surface area contributed by atoms with Gasteiger partial charge in [0, 0.05) is 20.8 Å². The number of methoxy groups -OCH3 is 2. The molecule has 0 unspecified atom stereocenters. The first-order valence-corrected chi connectivity index (χ1v) is 10.0. The van der Waals surface area contributed by atoms with E-state index in [9.17, 15) is 9.59 Å². The third kappa shape index (κ3) is 4.90. The molecule has 162 valence electrons. The molecular weight excluding hydrogens is 388 g/mol. The summed E-state index contributed by atoms with van der Waals surface area (Å²) in [6.07, 6.45) is -0.559. The van der Waals surface area contributed by atoms with Crippen molar-refractivity contribution in [3.8, 4) is 0 Å². The van der Waals surface area contributed by atoms with Crippen LogP contribution in [0.25, 0.3) is 0 Å². The molecule has 4 atom stereocenters. The van der Waals surface area contributed by atoms with Crippen LogP contribution in [0, 0.1) is 5.92 Å². The van der Waals surface area contributed by atoms with E-state index in [1.807, 2.05) is 13.8 Å². The molecule has 0 aliphatic carbocycles. The van der Waals surface area contributed by atoms with Gasteiger partial charge in [-0.05, 0) is 33.1 Å². The summed E-state index contributed by atoms with van der Waals surface area (Å²) in [7, 11) is 3.04. The van der Waals surface area contributed by atoms with Gasteiger partial charge in [-0.2, -0.15) is 0 Å². The molecule has 1 N–H and O–H groups in total. The van der Waals surface area contributed by atoms with Gasteiger partial charge in [-0.15, -0.1) is 11.6 Å². The molecule has 2 amide bonds. The van der Waals surface area contributed by atoms with E-state index >= 15 is 0 Å². The predicted octanol–water partition coefficient (Wildman–Crippen LogP) is 2.13. The second-order valence-electron chi connectivity index (χ2n) is 8.78. The van der Waals surface area contributed by atoms with E-state index in [2.05, 4.69) is 5.32 Å². The van der Waals surface area contributed by atoms with Crippen molar-refractivity contribution in [2.24, 2.45) is 5.92 Å². The zero-order valence-electron chi connectivity index (χ0n) is 17.8. The third-order valence-corrected chi connectivity index (χ3v) is 5.36. The summed E-state index contributed by atoms with van der Waals surface area (Å²) in [6.45, 7) is 9.76. The molecule has 0 spiro atoms. The lowest BCUT2D eigenvalue weighted by atomic mass is 10.0. The second kappa shape index (κ2) is 8.73. The number of halogens is 1. The normalized spacial score (nSPS) is 27.6. The van der Waals surface area contributed by atoms with Crippen LogP contribution < -0.4 is 5.32 Å². The SMILES string of the molecule is COC1(OC)CO[C@@H]2[C@H](Cl)CN(C(=O)[C@H](CC(C)C)NC(=O)OC(C)(C)C)[C@@H]21. The Morgan fingerprint density at radius 2 is 1.89 bits per heavy atom. The fourth-order valence-electron chi connectivity index (χ4n) is 3.77. The molecule has 2 fully saturated rings. The number of hydrogen-bond acceptors (Lipinski definition) is 6. The average molecular weight is 421 g/mol. The molecule has 9 heteroatoms. The minimum atomic E-state index is -1.09. The third-order valence-electron chi connectivity index (χ3n) is 4.97. The molecule has 2 saturated heterocycles. The number of nitrogens with zero attached hydrogens (tertiary/aromatic N) is 1. The molecule has 2 heterocycles. The molecule has 0 aromatic rings. The molecular formula is C19H33ClN2O6. The number of carbonyl (C=O) groups excluding carboxylic acids is 2. The summed E-state index contributed by atoms with van der Waals surface area (Å²) >= 11 is 6.45. The highest BCUT2D eigenvalue weighted by Gasteiger charge is 2.61. The minimum absolute atomic E-state index is 0.177. The summed E-state index contributed by atoms with van der Waals surface area (Å²) in [4.78, 5) is 27.3. The van der Waals surface area contributed by atoms with Crippen LogP contribution in [-0.4, -0.2) is 79.2 Å². The van der Waals surface area contributed by atoms with Crippen molar-refractivity contribution >= 4 is 23.6 Å². The maximum absolute atomic E-state index is 13.4. The van der Waals surface area contributed by atoms with Crippen LogP contribution in [0.5, 0.6) is 0 Å². The largest absolute Gasteiger partial charge is 0.444 e. The first-order chi connectivity index (χ1) is 12.9. The molecule has 8 nitrogen and oxygen atoms in total. The number of hydrogen-bond donors (Lipinski definition) is 1. The van der Waals surface area contributed by atoms with Crippen LogP contribution in [-0.2, 0) is 23.7 Å². The van der Waals surface area contributed by atoms with Crippen LogP contribution in [0.3, 0.4) is 0 Å². The Morgan fingerprint density at radius 1 is 1.29 bits per heavy atom. The fraction of sp³-hybridized carbons (Fsp3) is 0.895. The minimum Gasteiger partial charge on any atom is -0.444 e. The van der Waals surface area contributed by atoms with Gasteiger partial charge in [-0.3, -0.25) is 4.79 Å². The van der Waals surface area contributed by atoms with Gasteiger partial charge in [0.1, 0.15) is 30.4 Å². The highest BCUT2D eigenvalue weighted by atomic mass is 35.5. The quantitative estimate of drug-likeness (QED) is 0.523. The number of carbonyl (C=O) groups is 2. The molecule has 0 aromatic heterocycles. The maximum Gasteiger partial charge on any atom is 0.408 e. The maximum atomic E-state index is 13.4. The Bertz CT molecular complexity index is 575. The second-order valence-corrected chi connectivity index (χ2v) is 9.34. The van der Waals surface area contributed by atoms with E-state index in [1.165, 1.54) is 14.2 Å². The summed E-state index contributed by atoms with van der Waals surface area (Å²) in [5.74, 6) is -1.15. The Kier molecular flexibility index (Phi) is 7.23. The molecule has 0 radical (unpaired) electrons. The van der Waals surface area contributed by atoms with Crippen molar-refractivity contribution in [3.63, 3.8) is 0 Å². The Balaban J connectivity index is 2.23. The molecule has 0 bridgehead atoms. The van der Waals surface area contributed by atoms with Gasteiger partial charge in [0.05, 0.1) is 5.38 Å². The van der Waals surface area contributed by atoms with E-state index < -0.39 is 35.7 Å². The number of alkyl carbamates (subject to hydrolysis) is 1. The molecule has 2 rings (SSSR count). The van der Waals surface area contributed by atoms with Crippen molar-refractivity contribution < 1.29 is 28.5 Å². The van der Waals surface area contributed by atoms with Crippen LogP contribution >= 0.6 is 11.6 Å². The van der Waals surface area contributed by atoms with Gasteiger partial charge in [0.25, 0.3) is 0 Å². The monoisotopic (exact) mass is 420 g/mol. The van der Waals surface area contributed by atoms with Gasteiger partial charge in [-0.25, -0.2) is 4.79 Å². The average Bonchev–Trinajstić information content (AvgIpc) is 3.11. The number of rotatable bonds is 6. The van der Waals surface area contributed by atoms with E-state index in [1.54, 1.807) is 25.7 Å². The number of amides is 2. The van der Waals surface area contributed by atoms with Gasteiger partial charge in [0.2, 0.25) is 11.7 Å². The van der Waals surface area contributed by atoms with Crippen molar-refractivity contribution in [2.75, 3.05) is 27.4 Å². The number of nitrogens with one attached hydrogen (secondary N) is 1. The van der Waals surface area contributed by atoms with Gasteiger partial charge in [-0.1, -0.05) is 13.8 Å². The molecule has 2 aliphatic rings. The molecule has 28 heavy (non-hydrogen) atoms. The number of likely N-dealkylation sites (tertiary alicyclic amines) is 1. The van der Waals surface area contributed by atoms with Gasteiger partial charge < -0.3 is 29.2 Å². The van der Waals surface area contributed by atoms with E-state index in [4.69, 9.17) is 30.5 Å². The topological polar surface area (TPSA) is 86.3 Å². The van der Waals surface area contributed by atoms with Crippen molar-refractivity contribution in [2.45, 2.75) is 76.0 Å². The molecule has 0 aromatic carbocycles. The lowest BCUT2D eigenvalue weighted by molar-refractivity contribution is -0.227. The summed E-state index contributed by atoms with van der Waals surface area (Å²) < 4.78 is 22.3. The van der Waals surface area contributed by atoms with Crippen LogP contribution in [0.15, 0.2) is 0 Å². The van der Waals surface area contributed by atoms with Crippen molar-refractivity contribution in [3.05, 3.63) is 0 Å². The van der Waals surface area contributed by atoms with Gasteiger partial charge in [0.15, 0.2) is 0 Å². The first-order valence-electron chi connectivity index (χ1n) is 9.60. The summed E-state index contributed by atoms with van der Waals surface area (Å²) in [6, 6.07) is -1.24. The standard InChI is InChI=1S/C19H33ClN2O6/c1-11(2)8-13(21-17(24)28-18(3,4)5)16(23)22-9-12(20)14-15(22)19(25-6,26-7)10-27-14/h11-15H,8-10H2,1-7H3,(H,21,24)/t12-,13+,14-,15+/m1/s1. The smallest absolute Gasteiger partial charge is 0.408 e. The first kappa shape index (κ1) is 23.2. The Hall–Kier alpha value is -1.09. The Morgan fingerprint density at radius 3 is 2.39 bits per heavy atom. The van der Waals surface area contributed by atoms with Crippen molar-refractivity contribution in [1.82, 2.24) is 10.2 Å². The predicted molar refractivity (Wildman–Crippen MR) is 104 cm³/mol.